The molecule has 0 aromatic carbocycles. The van der Waals surface area contributed by atoms with Crippen LogP contribution < -0.4 is 0 Å². The maximum absolute atomic E-state index is 11.1. The zero-order valence-corrected chi connectivity index (χ0v) is 22.5. The van der Waals surface area contributed by atoms with Crippen LogP contribution in [0, 0.1) is 0 Å². The summed E-state index contributed by atoms with van der Waals surface area (Å²) in [5, 5.41) is 9.36. The van der Waals surface area contributed by atoms with E-state index in [1.165, 1.54) is 104 Å². The molecule has 0 aliphatic carbocycles. The Kier molecular flexibility index (Phi) is 25.6. The number of hydrogen-bond donors (Lipinski definition) is 1. The van der Waals surface area contributed by atoms with Gasteiger partial charge in [0.1, 0.15) is 0 Å². The first kappa shape index (κ1) is 32.9. The zero-order chi connectivity index (χ0) is 25.1. The third kappa shape index (κ3) is 24.0. The molecule has 0 aliphatic heterocycles. The molecule has 0 rings (SSSR count). The number of esters is 2. The fourth-order valence-corrected chi connectivity index (χ4v) is 4.37. The molecule has 1 N–H and O–H groups in total. The van der Waals surface area contributed by atoms with E-state index in [0.717, 1.165) is 45.3 Å². The highest BCUT2D eigenvalue weighted by atomic mass is 16.5. The van der Waals surface area contributed by atoms with Crippen LogP contribution in [0.3, 0.4) is 0 Å². The summed E-state index contributed by atoms with van der Waals surface area (Å²) >= 11 is 0. The van der Waals surface area contributed by atoms with E-state index in [2.05, 4.69) is 14.4 Å². The molecular formula is C28H55NO5. The number of unbranched alkanes of at least 4 members (excludes halogenated alkanes) is 16. The zero-order valence-electron chi connectivity index (χ0n) is 22.5. The Bertz CT molecular complexity index is 420. The van der Waals surface area contributed by atoms with Gasteiger partial charge < -0.3 is 19.5 Å². The molecular weight excluding hydrogens is 430 g/mol. The number of aliphatic hydroxyl groups is 1. The van der Waals surface area contributed by atoms with Gasteiger partial charge in [0.25, 0.3) is 0 Å². The minimum Gasteiger partial charge on any atom is -0.469 e. The van der Waals surface area contributed by atoms with Crippen molar-refractivity contribution in [3.63, 3.8) is 0 Å². The minimum atomic E-state index is -0.0907. The van der Waals surface area contributed by atoms with Crippen LogP contribution in [0.25, 0.3) is 0 Å². The number of rotatable bonds is 26. The molecule has 0 spiro atoms. The van der Waals surface area contributed by atoms with Gasteiger partial charge in [0.05, 0.1) is 20.8 Å². The normalized spacial score (nSPS) is 11.2. The summed E-state index contributed by atoms with van der Waals surface area (Å²) in [6, 6.07) is 0. The average Bonchev–Trinajstić information content (AvgIpc) is 2.85. The Morgan fingerprint density at radius 3 is 1.09 bits per heavy atom. The van der Waals surface area contributed by atoms with E-state index >= 15 is 0 Å². The summed E-state index contributed by atoms with van der Waals surface area (Å²) in [4.78, 5) is 24.5. The number of hydrogen-bond acceptors (Lipinski definition) is 6. The van der Waals surface area contributed by atoms with Crippen LogP contribution in [-0.4, -0.2) is 62.4 Å². The van der Waals surface area contributed by atoms with Gasteiger partial charge in [0.15, 0.2) is 0 Å². The van der Waals surface area contributed by atoms with Crippen molar-refractivity contribution < 1.29 is 24.2 Å². The summed E-state index contributed by atoms with van der Waals surface area (Å²) in [7, 11) is 2.91. The minimum absolute atomic E-state index is 0.0907. The number of aliphatic hydroxyl groups excluding tert-OH is 1. The predicted molar refractivity (Wildman–Crippen MR) is 140 cm³/mol. The van der Waals surface area contributed by atoms with Crippen LogP contribution in [0.1, 0.15) is 128 Å². The number of ether oxygens (including phenoxy) is 2. The number of nitrogens with zero attached hydrogens (tertiary/aromatic N) is 1. The van der Waals surface area contributed by atoms with Crippen molar-refractivity contribution in [1.82, 2.24) is 4.90 Å². The van der Waals surface area contributed by atoms with Gasteiger partial charge in [-0.2, -0.15) is 0 Å². The molecule has 0 saturated heterocycles. The van der Waals surface area contributed by atoms with Crippen molar-refractivity contribution in [2.24, 2.45) is 0 Å². The summed E-state index contributed by atoms with van der Waals surface area (Å²) in [6.45, 7) is 3.28. The van der Waals surface area contributed by atoms with Gasteiger partial charge in [0, 0.05) is 19.4 Å². The average molecular weight is 486 g/mol. The van der Waals surface area contributed by atoms with Crippen LogP contribution in [0.15, 0.2) is 0 Å². The van der Waals surface area contributed by atoms with E-state index in [9.17, 15) is 14.7 Å². The van der Waals surface area contributed by atoms with Gasteiger partial charge in [-0.1, -0.05) is 89.9 Å². The molecule has 0 bridgehead atoms. The lowest BCUT2D eigenvalue weighted by atomic mass is 10.1. The molecule has 6 heteroatoms. The molecule has 0 fully saturated rings. The first-order valence-electron chi connectivity index (χ1n) is 14.1. The number of carbonyl (C=O) groups excluding carboxylic acids is 2. The van der Waals surface area contributed by atoms with Crippen LogP contribution in [-0.2, 0) is 19.1 Å². The highest BCUT2D eigenvalue weighted by Crippen LogP contribution is 2.13. The third-order valence-electron chi connectivity index (χ3n) is 6.58. The summed E-state index contributed by atoms with van der Waals surface area (Å²) in [6.07, 6.45) is 23.1. The molecule has 6 nitrogen and oxygen atoms in total. The standard InChI is InChI=1S/C28H55NO5/c1-33-27(31)21-17-13-9-5-3-7-11-15-19-23-29(25-26-30)24-20-16-12-8-4-6-10-14-18-22-28(32)34-2/h30H,3-26H2,1-2H3. The molecule has 0 aromatic rings. The molecule has 0 atom stereocenters. The third-order valence-corrected chi connectivity index (χ3v) is 6.58. The maximum Gasteiger partial charge on any atom is 0.305 e. The van der Waals surface area contributed by atoms with Crippen LogP contribution in [0.5, 0.6) is 0 Å². The largest absolute Gasteiger partial charge is 0.469 e. The molecule has 0 saturated carbocycles. The summed E-state index contributed by atoms with van der Waals surface area (Å²) in [5.74, 6) is -0.181. The molecule has 0 unspecified atom stereocenters. The van der Waals surface area contributed by atoms with E-state index in [1.54, 1.807) is 0 Å². The van der Waals surface area contributed by atoms with E-state index in [-0.39, 0.29) is 18.5 Å². The van der Waals surface area contributed by atoms with Crippen molar-refractivity contribution in [3.8, 4) is 0 Å². The second kappa shape index (κ2) is 26.5. The Labute approximate surface area is 210 Å². The van der Waals surface area contributed by atoms with E-state index in [4.69, 9.17) is 0 Å². The van der Waals surface area contributed by atoms with Crippen molar-refractivity contribution in [1.29, 1.82) is 0 Å². The molecule has 0 heterocycles. The lowest BCUT2D eigenvalue weighted by molar-refractivity contribution is -0.141. The van der Waals surface area contributed by atoms with Crippen molar-refractivity contribution in [2.45, 2.75) is 128 Å². The van der Waals surface area contributed by atoms with E-state index in [0.29, 0.717) is 12.8 Å². The first-order valence-corrected chi connectivity index (χ1v) is 14.1. The smallest absolute Gasteiger partial charge is 0.305 e. The van der Waals surface area contributed by atoms with Gasteiger partial charge >= 0.3 is 11.9 Å². The van der Waals surface area contributed by atoms with Crippen LogP contribution >= 0.6 is 0 Å². The van der Waals surface area contributed by atoms with Crippen molar-refractivity contribution in [3.05, 3.63) is 0 Å². The number of carbonyl (C=O) groups is 2. The monoisotopic (exact) mass is 485 g/mol. The van der Waals surface area contributed by atoms with Gasteiger partial charge in [-0.3, -0.25) is 9.59 Å². The molecule has 202 valence electrons. The maximum atomic E-state index is 11.1. The van der Waals surface area contributed by atoms with Gasteiger partial charge in [-0.25, -0.2) is 0 Å². The topological polar surface area (TPSA) is 76.1 Å². The highest BCUT2D eigenvalue weighted by Gasteiger charge is 2.04. The Hall–Kier alpha value is -1.14. The first-order chi connectivity index (χ1) is 16.6. The lowest BCUT2D eigenvalue weighted by Crippen LogP contribution is -2.29. The summed E-state index contributed by atoms with van der Waals surface area (Å²) in [5.41, 5.74) is 0. The quantitative estimate of drug-likeness (QED) is 0.112. The van der Waals surface area contributed by atoms with Crippen molar-refractivity contribution >= 4 is 11.9 Å². The Morgan fingerprint density at radius 2 is 0.794 bits per heavy atom. The SMILES string of the molecule is COC(=O)CCCCCCCCCCCN(CCO)CCCCCCCCCCCC(=O)OC. The molecule has 0 radical (unpaired) electrons. The van der Waals surface area contributed by atoms with Crippen LogP contribution in [0.4, 0.5) is 0 Å². The fraction of sp³-hybridized carbons (Fsp3) is 0.929. The predicted octanol–water partition coefficient (Wildman–Crippen LogP) is 6.43. The fourth-order valence-electron chi connectivity index (χ4n) is 4.37. The molecule has 34 heavy (non-hydrogen) atoms. The number of methoxy groups -OCH3 is 2. The lowest BCUT2D eigenvalue weighted by Gasteiger charge is -2.21. The van der Waals surface area contributed by atoms with E-state index in [1.807, 2.05) is 0 Å². The second-order valence-electron chi connectivity index (χ2n) is 9.58. The summed E-state index contributed by atoms with van der Waals surface area (Å²) < 4.78 is 9.32. The van der Waals surface area contributed by atoms with E-state index < -0.39 is 0 Å². The second-order valence-corrected chi connectivity index (χ2v) is 9.58. The molecule has 0 aromatic heterocycles. The highest BCUT2D eigenvalue weighted by molar-refractivity contribution is 5.69. The molecule has 0 aliphatic rings. The van der Waals surface area contributed by atoms with Gasteiger partial charge in [0.2, 0.25) is 0 Å². The van der Waals surface area contributed by atoms with Crippen LogP contribution in [0.2, 0.25) is 0 Å². The Balaban J connectivity index is 3.45. The van der Waals surface area contributed by atoms with Gasteiger partial charge in [-0.05, 0) is 38.8 Å². The Morgan fingerprint density at radius 1 is 0.500 bits per heavy atom. The molecule has 0 amide bonds. The van der Waals surface area contributed by atoms with Crippen molar-refractivity contribution in [2.75, 3.05) is 40.5 Å². The van der Waals surface area contributed by atoms with Gasteiger partial charge in [-0.15, -0.1) is 0 Å².